The molecule has 84 valence electrons. The summed E-state index contributed by atoms with van der Waals surface area (Å²) in [6, 6.07) is 0. The molecule has 5 heteroatoms. The van der Waals surface area contributed by atoms with Crippen molar-refractivity contribution in [2.45, 2.75) is 55.0 Å². The largest absolute Gasteiger partial charge is 0.459 e. The van der Waals surface area contributed by atoms with Gasteiger partial charge in [-0.15, -0.1) is 0 Å². The van der Waals surface area contributed by atoms with E-state index >= 15 is 0 Å². The molecule has 0 spiro atoms. The number of ether oxygens (including phenoxy) is 2. The van der Waals surface area contributed by atoms with Crippen LogP contribution in [0.1, 0.15) is 26.2 Å². The number of hydrogen-bond acceptors (Lipinski definition) is 4. The Kier molecular flexibility index (Phi) is 2.14. The zero-order chi connectivity index (χ0) is 10.6. The van der Waals surface area contributed by atoms with E-state index in [1.54, 1.807) is 0 Å². The zero-order valence-electron chi connectivity index (χ0n) is 8.55. The highest BCUT2D eigenvalue weighted by molar-refractivity contribution is 7.86. The summed E-state index contributed by atoms with van der Waals surface area (Å²) >= 11 is 0. The maximum Gasteiger partial charge on any atom is 0.303 e. The molecule has 3 heterocycles. The average molecular weight is 230 g/mol. The number of carbonyl (C=O) groups excluding carboxylic acids is 1. The number of carbonyl (C=O) groups is 1. The molecule has 0 aromatic carbocycles. The summed E-state index contributed by atoms with van der Waals surface area (Å²) in [7, 11) is -0.873. The molecule has 0 aromatic rings. The third kappa shape index (κ3) is 1.36. The van der Waals surface area contributed by atoms with E-state index in [-0.39, 0.29) is 34.8 Å². The number of rotatable bonds is 1. The van der Waals surface area contributed by atoms with Crippen LogP contribution < -0.4 is 0 Å². The van der Waals surface area contributed by atoms with E-state index < -0.39 is 10.8 Å². The van der Waals surface area contributed by atoms with E-state index in [4.69, 9.17) is 9.47 Å². The molecule has 3 aliphatic heterocycles. The normalized spacial score (nSPS) is 51.8. The molecule has 3 rings (SSSR count). The minimum absolute atomic E-state index is 0.00546. The summed E-state index contributed by atoms with van der Waals surface area (Å²) in [5.41, 5.74) is 0. The van der Waals surface area contributed by atoms with E-state index in [1.165, 1.54) is 6.92 Å². The van der Waals surface area contributed by atoms with Gasteiger partial charge in [0.2, 0.25) is 0 Å². The van der Waals surface area contributed by atoms with Crippen molar-refractivity contribution >= 4 is 16.8 Å². The highest BCUT2D eigenvalue weighted by Gasteiger charge is 2.56. The van der Waals surface area contributed by atoms with Crippen LogP contribution in [0.3, 0.4) is 0 Å². The smallest absolute Gasteiger partial charge is 0.303 e. The third-order valence-corrected chi connectivity index (χ3v) is 5.79. The Morgan fingerprint density at radius 3 is 2.87 bits per heavy atom. The maximum atomic E-state index is 12.1. The molecular weight excluding hydrogens is 216 g/mol. The van der Waals surface area contributed by atoms with Crippen molar-refractivity contribution in [2.24, 2.45) is 0 Å². The molecule has 0 aliphatic carbocycles. The van der Waals surface area contributed by atoms with Gasteiger partial charge in [0.25, 0.3) is 0 Å². The van der Waals surface area contributed by atoms with Gasteiger partial charge in [0.05, 0.1) is 22.7 Å². The fourth-order valence-corrected chi connectivity index (χ4v) is 5.20. The molecule has 6 unspecified atom stereocenters. The van der Waals surface area contributed by atoms with Gasteiger partial charge in [0.1, 0.15) is 6.10 Å². The van der Waals surface area contributed by atoms with Crippen molar-refractivity contribution in [3.63, 3.8) is 0 Å². The lowest BCUT2D eigenvalue weighted by molar-refractivity contribution is -0.152. The molecule has 3 fully saturated rings. The molecular formula is C10H14O4S. The molecule has 4 nitrogen and oxygen atoms in total. The molecule has 3 saturated heterocycles. The van der Waals surface area contributed by atoms with Gasteiger partial charge >= 0.3 is 5.97 Å². The molecule has 0 radical (unpaired) electrons. The molecule has 0 saturated carbocycles. The maximum absolute atomic E-state index is 12.1. The van der Waals surface area contributed by atoms with Crippen LogP contribution in [0.2, 0.25) is 0 Å². The average Bonchev–Trinajstić information content (AvgIpc) is 2.47. The first-order valence-corrected chi connectivity index (χ1v) is 6.66. The third-order valence-electron chi connectivity index (χ3n) is 3.60. The lowest BCUT2D eigenvalue weighted by Crippen LogP contribution is -2.50. The first kappa shape index (κ1) is 9.78. The van der Waals surface area contributed by atoms with Crippen LogP contribution >= 0.6 is 0 Å². The summed E-state index contributed by atoms with van der Waals surface area (Å²) in [4.78, 5) is 11.0. The summed E-state index contributed by atoms with van der Waals surface area (Å²) in [5.74, 6) is -0.297. The summed E-state index contributed by atoms with van der Waals surface area (Å²) in [5, 5.41) is 0.206. The fourth-order valence-electron chi connectivity index (χ4n) is 3.01. The van der Waals surface area contributed by atoms with Crippen LogP contribution in [0, 0.1) is 0 Å². The van der Waals surface area contributed by atoms with E-state index in [2.05, 4.69) is 0 Å². The summed E-state index contributed by atoms with van der Waals surface area (Å²) in [6.07, 6.45) is 2.50. The Balaban J connectivity index is 1.90. The molecule has 6 atom stereocenters. The van der Waals surface area contributed by atoms with Gasteiger partial charge in [0, 0.05) is 17.7 Å². The highest BCUT2D eigenvalue weighted by atomic mass is 32.2. The highest BCUT2D eigenvalue weighted by Crippen LogP contribution is 2.44. The second-order valence-electron chi connectivity index (χ2n) is 4.51. The molecule has 3 aliphatic rings. The monoisotopic (exact) mass is 230 g/mol. The van der Waals surface area contributed by atoms with Crippen molar-refractivity contribution in [3.8, 4) is 0 Å². The number of hydrogen-bond donors (Lipinski definition) is 0. The van der Waals surface area contributed by atoms with Crippen LogP contribution in [0.5, 0.6) is 0 Å². The fraction of sp³-hybridized carbons (Fsp3) is 0.900. The lowest BCUT2D eigenvalue weighted by Gasteiger charge is -2.36. The minimum atomic E-state index is -0.873. The Bertz CT molecular complexity index is 329. The topological polar surface area (TPSA) is 52.6 Å². The first-order chi connectivity index (χ1) is 7.16. The van der Waals surface area contributed by atoms with Crippen molar-refractivity contribution in [1.82, 2.24) is 0 Å². The number of fused-ring (bicyclic) bond motifs is 2. The van der Waals surface area contributed by atoms with E-state index in [0.29, 0.717) is 0 Å². The van der Waals surface area contributed by atoms with Gasteiger partial charge in [-0.2, -0.15) is 0 Å². The van der Waals surface area contributed by atoms with Crippen molar-refractivity contribution in [1.29, 1.82) is 0 Å². The molecule has 0 aromatic heterocycles. The van der Waals surface area contributed by atoms with Crippen LogP contribution in [0.4, 0.5) is 0 Å². The zero-order valence-corrected chi connectivity index (χ0v) is 9.37. The second kappa shape index (κ2) is 3.28. The standard InChI is InChI=1S/C10H14O4S/c1-5(11)13-10-7-4-9-6(14-7)2-3-8(10)15(9)12/h6-10H,2-4H2,1H3. The molecule has 3 bridgehead atoms. The van der Waals surface area contributed by atoms with Gasteiger partial charge in [-0.25, -0.2) is 0 Å². The quantitative estimate of drug-likeness (QED) is 0.611. The van der Waals surface area contributed by atoms with Crippen molar-refractivity contribution < 1.29 is 18.5 Å². The molecule has 0 N–H and O–H groups in total. The van der Waals surface area contributed by atoms with Crippen molar-refractivity contribution in [3.05, 3.63) is 0 Å². The van der Waals surface area contributed by atoms with Crippen LogP contribution in [0.25, 0.3) is 0 Å². The lowest BCUT2D eigenvalue weighted by atomic mass is 9.96. The van der Waals surface area contributed by atoms with Crippen LogP contribution in [-0.2, 0) is 25.1 Å². The number of esters is 1. The first-order valence-electron chi connectivity index (χ1n) is 5.39. The second-order valence-corrected chi connectivity index (χ2v) is 6.37. The van der Waals surface area contributed by atoms with E-state index in [0.717, 1.165) is 19.3 Å². The Labute approximate surface area is 90.8 Å². The van der Waals surface area contributed by atoms with Crippen LogP contribution in [0.15, 0.2) is 0 Å². The van der Waals surface area contributed by atoms with E-state index in [9.17, 15) is 9.00 Å². The molecule has 15 heavy (non-hydrogen) atoms. The summed E-state index contributed by atoms with van der Waals surface area (Å²) in [6.45, 7) is 1.40. The van der Waals surface area contributed by atoms with Gasteiger partial charge < -0.3 is 9.47 Å². The predicted octanol–water partition coefficient (Wildman–Crippen LogP) is 0.369. The molecule has 0 amide bonds. The Morgan fingerprint density at radius 1 is 1.33 bits per heavy atom. The van der Waals surface area contributed by atoms with Gasteiger partial charge in [-0.3, -0.25) is 9.00 Å². The van der Waals surface area contributed by atoms with Crippen LogP contribution in [-0.4, -0.2) is 39.0 Å². The van der Waals surface area contributed by atoms with Gasteiger partial charge in [-0.1, -0.05) is 0 Å². The van der Waals surface area contributed by atoms with E-state index in [1.807, 2.05) is 0 Å². The SMILES string of the molecule is CC(=O)OC1C2CC3C(CCC1S3=O)O2. The predicted molar refractivity (Wildman–Crippen MR) is 53.8 cm³/mol. The van der Waals surface area contributed by atoms with Gasteiger partial charge in [-0.05, 0) is 19.3 Å². The van der Waals surface area contributed by atoms with Crippen molar-refractivity contribution in [2.75, 3.05) is 0 Å². The minimum Gasteiger partial charge on any atom is -0.459 e. The van der Waals surface area contributed by atoms with Gasteiger partial charge in [0.15, 0.2) is 0 Å². The Hall–Kier alpha value is -0.420. The summed E-state index contributed by atoms with van der Waals surface area (Å²) < 4.78 is 23.1. The Morgan fingerprint density at radius 2 is 2.13 bits per heavy atom.